The summed E-state index contributed by atoms with van der Waals surface area (Å²) in [5.74, 6) is 0.925. The molecule has 0 atom stereocenters. The lowest BCUT2D eigenvalue weighted by atomic mass is 9.84. The Morgan fingerprint density at radius 3 is 2.45 bits per heavy atom. The molecule has 0 unspecified atom stereocenters. The number of carbonyl (C=O) groups excluding carboxylic acids is 1. The van der Waals surface area contributed by atoms with Crippen LogP contribution in [0.25, 0.3) is 0 Å². The standard InChI is InChI=1S/C24H36N6O/c1-18-21(19(2)30(28-18)16-20-11-7-6-8-12-20)15-26-23(25-3)27-17-24(13-9-10-14-24)22(31)29(4)5/h6-8,11-12H,9-10,13-17H2,1-5H3,(H2,25,26,27). The van der Waals surface area contributed by atoms with Gasteiger partial charge < -0.3 is 15.5 Å². The van der Waals surface area contributed by atoms with Crippen LogP contribution < -0.4 is 10.6 Å². The van der Waals surface area contributed by atoms with E-state index in [2.05, 4.69) is 51.5 Å². The summed E-state index contributed by atoms with van der Waals surface area (Å²) in [4.78, 5) is 18.9. The number of amides is 1. The first kappa shape index (κ1) is 22.8. The highest BCUT2D eigenvalue weighted by Crippen LogP contribution is 2.38. The fourth-order valence-electron chi connectivity index (χ4n) is 4.54. The van der Waals surface area contributed by atoms with Gasteiger partial charge in [-0.05, 0) is 32.3 Å². The number of guanidine groups is 1. The predicted octanol–water partition coefficient (Wildman–Crippen LogP) is 2.86. The maximum atomic E-state index is 12.8. The van der Waals surface area contributed by atoms with Crippen molar-refractivity contribution in [3.05, 3.63) is 52.8 Å². The molecule has 7 nitrogen and oxygen atoms in total. The van der Waals surface area contributed by atoms with Crippen molar-refractivity contribution < 1.29 is 4.79 Å². The van der Waals surface area contributed by atoms with Crippen LogP contribution >= 0.6 is 0 Å². The topological polar surface area (TPSA) is 74.5 Å². The Balaban J connectivity index is 1.62. The summed E-state index contributed by atoms with van der Waals surface area (Å²) in [7, 11) is 5.45. The monoisotopic (exact) mass is 424 g/mol. The largest absolute Gasteiger partial charge is 0.355 e. The summed E-state index contributed by atoms with van der Waals surface area (Å²) in [6.07, 6.45) is 4.06. The van der Waals surface area contributed by atoms with E-state index in [0.29, 0.717) is 19.0 Å². The molecule has 2 N–H and O–H groups in total. The fourth-order valence-corrected chi connectivity index (χ4v) is 4.54. The molecule has 2 aromatic rings. The molecule has 1 heterocycles. The predicted molar refractivity (Wildman–Crippen MR) is 125 cm³/mol. The second-order valence-electron chi connectivity index (χ2n) is 8.76. The average Bonchev–Trinajstić information content (AvgIpc) is 3.34. The summed E-state index contributed by atoms with van der Waals surface area (Å²) in [6.45, 7) is 6.16. The lowest BCUT2D eigenvalue weighted by Gasteiger charge is -2.31. The van der Waals surface area contributed by atoms with Gasteiger partial charge in [0.05, 0.1) is 17.7 Å². The zero-order chi connectivity index (χ0) is 22.4. The molecule has 0 radical (unpaired) electrons. The van der Waals surface area contributed by atoms with Crippen molar-refractivity contribution in [1.29, 1.82) is 0 Å². The van der Waals surface area contributed by atoms with Crippen LogP contribution in [-0.2, 0) is 17.9 Å². The highest BCUT2D eigenvalue weighted by molar-refractivity contribution is 5.85. The van der Waals surface area contributed by atoms with Crippen LogP contribution in [-0.4, -0.2) is 54.2 Å². The smallest absolute Gasteiger partial charge is 0.230 e. The first-order valence-corrected chi connectivity index (χ1v) is 11.1. The third-order valence-corrected chi connectivity index (χ3v) is 6.38. The van der Waals surface area contributed by atoms with Gasteiger partial charge in [0, 0.05) is 45.5 Å². The molecule has 168 valence electrons. The molecule has 1 fully saturated rings. The number of hydrogen-bond donors (Lipinski definition) is 2. The normalized spacial score (nSPS) is 15.7. The third kappa shape index (κ3) is 5.27. The van der Waals surface area contributed by atoms with Gasteiger partial charge in [-0.3, -0.25) is 14.5 Å². The van der Waals surface area contributed by atoms with Gasteiger partial charge in [-0.2, -0.15) is 5.10 Å². The van der Waals surface area contributed by atoms with E-state index < -0.39 is 0 Å². The minimum absolute atomic E-state index is 0.210. The fraction of sp³-hybridized carbons (Fsp3) is 0.542. The number of aliphatic imine (C=N–C) groups is 1. The molecule has 0 spiro atoms. The van der Waals surface area contributed by atoms with Crippen LogP contribution in [0.5, 0.6) is 0 Å². The molecule has 1 amide bonds. The number of hydrogen-bond acceptors (Lipinski definition) is 3. The molecular weight excluding hydrogens is 388 g/mol. The Kier molecular flexibility index (Phi) is 7.36. The summed E-state index contributed by atoms with van der Waals surface area (Å²) < 4.78 is 2.06. The van der Waals surface area contributed by atoms with Gasteiger partial charge in [0.25, 0.3) is 0 Å². The number of benzene rings is 1. The summed E-state index contributed by atoms with van der Waals surface area (Å²) >= 11 is 0. The highest BCUT2D eigenvalue weighted by atomic mass is 16.2. The van der Waals surface area contributed by atoms with E-state index in [1.165, 1.54) is 11.1 Å². The van der Waals surface area contributed by atoms with Gasteiger partial charge in [0.1, 0.15) is 0 Å². The summed E-state index contributed by atoms with van der Waals surface area (Å²) in [5, 5.41) is 11.6. The van der Waals surface area contributed by atoms with Gasteiger partial charge in [-0.25, -0.2) is 0 Å². The number of carbonyl (C=O) groups is 1. The van der Waals surface area contributed by atoms with E-state index in [4.69, 9.17) is 5.10 Å². The Morgan fingerprint density at radius 1 is 1.16 bits per heavy atom. The third-order valence-electron chi connectivity index (χ3n) is 6.38. The van der Waals surface area contributed by atoms with Crippen molar-refractivity contribution in [2.75, 3.05) is 27.7 Å². The van der Waals surface area contributed by atoms with E-state index in [1.807, 2.05) is 27.1 Å². The molecule has 7 heteroatoms. The summed E-state index contributed by atoms with van der Waals surface area (Å²) in [5.41, 5.74) is 4.26. The molecule has 3 rings (SSSR count). The van der Waals surface area contributed by atoms with E-state index in [-0.39, 0.29) is 11.3 Å². The SMILES string of the molecule is CN=C(NCc1c(C)nn(Cc2ccccc2)c1C)NCC1(C(=O)N(C)C)CCCC1. The van der Waals surface area contributed by atoms with Gasteiger partial charge >= 0.3 is 0 Å². The van der Waals surface area contributed by atoms with Crippen molar-refractivity contribution >= 4 is 11.9 Å². The molecule has 1 aromatic heterocycles. The first-order valence-electron chi connectivity index (χ1n) is 11.1. The number of rotatable bonds is 7. The number of aryl methyl sites for hydroxylation is 1. The molecule has 0 saturated heterocycles. The minimum Gasteiger partial charge on any atom is -0.355 e. The molecule has 31 heavy (non-hydrogen) atoms. The maximum Gasteiger partial charge on any atom is 0.230 e. The second kappa shape index (κ2) is 9.98. The molecule has 1 saturated carbocycles. The molecular formula is C24H36N6O. The van der Waals surface area contributed by atoms with E-state index in [1.54, 1.807) is 11.9 Å². The molecule has 1 aliphatic carbocycles. The van der Waals surface area contributed by atoms with Crippen LogP contribution in [0.15, 0.2) is 35.3 Å². The van der Waals surface area contributed by atoms with Crippen LogP contribution in [0.4, 0.5) is 0 Å². The van der Waals surface area contributed by atoms with Crippen molar-refractivity contribution in [2.45, 2.75) is 52.6 Å². The van der Waals surface area contributed by atoms with E-state index >= 15 is 0 Å². The van der Waals surface area contributed by atoms with Crippen LogP contribution in [0, 0.1) is 19.3 Å². The van der Waals surface area contributed by atoms with Gasteiger partial charge in [-0.1, -0.05) is 43.2 Å². The van der Waals surface area contributed by atoms with Gasteiger partial charge in [0.2, 0.25) is 5.91 Å². The van der Waals surface area contributed by atoms with Crippen molar-refractivity contribution in [3.63, 3.8) is 0 Å². The Morgan fingerprint density at radius 2 is 1.84 bits per heavy atom. The Bertz CT molecular complexity index is 910. The van der Waals surface area contributed by atoms with Crippen LogP contribution in [0.2, 0.25) is 0 Å². The van der Waals surface area contributed by atoms with Crippen LogP contribution in [0.3, 0.4) is 0 Å². The first-order chi connectivity index (χ1) is 14.9. The number of aromatic nitrogens is 2. The molecule has 1 aromatic carbocycles. The maximum absolute atomic E-state index is 12.8. The Hall–Kier alpha value is -2.83. The number of nitrogens with zero attached hydrogens (tertiary/aromatic N) is 4. The molecule has 0 bridgehead atoms. The zero-order valence-electron chi connectivity index (χ0n) is 19.5. The highest BCUT2D eigenvalue weighted by Gasteiger charge is 2.42. The summed E-state index contributed by atoms with van der Waals surface area (Å²) in [6, 6.07) is 10.4. The van der Waals surface area contributed by atoms with Crippen molar-refractivity contribution in [2.24, 2.45) is 10.4 Å². The zero-order valence-corrected chi connectivity index (χ0v) is 19.5. The van der Waals surface area contributed by atoms with Crippen molar-refractivity contribution in [3.8, 4) is 0 Å². The van der Waals surface area contributed by atoms with Gasteiger partial charge in [0.15, 0.2) is 5.96 Å². The quantitative estimate of drug-likeness (QED) is 0.529. The lowest BCUT2D eigenvalue weighted by Crippen LogP contribution is -2.49. The minimum atomic E-state index is -0.326. The van der Waals surface area contributed by atoms with Gasteiger partial charge in [-0.15, -0.1) is 0 Å². The number of nitrogens with one attached hydrogen (secondary N) is 2. The molecule has 1 aliphatic rings. The Labute approximate surface area is 185 Å². The average molecular weight is 425 g/mol. The lowest BCUT2D eigenvalue weighted by molar-refractivity contribution is -0.138. The van der Waals surface area contributed by atoms with Crippen molar-refractivity contribution in [1.82, 2.24) is 25.3 Å². The van der Waals surface area contributed by atoms with Crippen LogP contribution in [0.1, 0.15) is 48.2 Å². The second-order valence-corrected chi connectivity index (χ2v) is 8.76. The van der Waals surface area contributed by atoms with E-state index in [9.17, 15) is 4.79 Å². The molecule has 0 aliphatic heterocycles. The van der Waals surface area contributed by atoms with E-state index in [0.717, 1.165) is 43.6 Å².